The molecule has 1 amide bonds. The molecule has 2 bridgehead atoms. The van der Waals surface area contributed by atoms with E-state index in [1.807, 2.05) is 66.4 Å². The van der Waals surface area contributed by atoms with E-state index < -0.39 is 5.60 Å². The highest BCUT2D eigenvalue weighted by molar-refractivity contribution is 5.69. The zero-order chi connectivity index (χ0) is 20.3. The van der Waals surface area contributed by atoms with Crippen molar-refractivity contribution < 1.29 is 19.4 Å². The molecule has 2 aromatic rings. The molecule has 5 nitrogen and oxygen atoms in total. The van der Waals surface area contributed by atoms with E-state index in [0.717, 1.165) is 36.1 Å². The third-order valence-electron chi connectivity index (χ3n) is 6.11. The number of aliphatic hydroxyl groups is 1. The number of ether oxygens (including phenoxy) is 2. The number of hydrogen-bond donors (Lipinski definition) is 1. The standard InChI is InChI=1S/C24H29NO4/c1-2-28-22-14-7-6-13-21(22)24(27)15-19-11-8-12-20(16-24)25(19)23(26)29-17-18-9-4-3-5-10-18/h3-7,9-10,13-14,19-20,27H,2,8,11-12,15-17H2,1H3. The fraction of sp³-hybridized carbons (Fsp3) is 0.458. The lowest BCUT2D eigenvalue weighted by atomic mass is 9.72. The van der Waals surface area contributed by atoms with E-state index in [-0.39, 0.29) is 24.8 Å². The Morgan fingerprint density at radius 3 is 2.41 bits per heavy atom. The van der Waals surface area contributed by atoms with Crippen LogP contribution in [0.2, 0.25) is 0 Å². The Morgan fingerprint density at radius 2 is 1.72 bits per heavy atom. The largest absolute Gasteiger partial charge is 0.493 e. The number of benzene rings is 2. The molecule has 0 aromatic heterocycles. The normalized spacial score (nSPS) is 26.1. The van der Waals surface area contributed by atoms with Gasteiger partial charge in [0.15, 0.2) is 0 Å². The number of carbonyl (C=O) groups is 1. The predicted octanol–water partition coefficient (Wildman–Crippen LogP) is 4.63. The summed E-state index contributed by atoms with van der Waals surface area (Å²) >= 11 is 0. The first-order valence-electron chi connectivity index (χ1n) is 10.5. The number of para-hydroxylation sites is 1. The summed E-state index contributed by atoms with van der Waals surface area (Å²) in [6.45, 7) is 2.77. The van der Waals surface area contributed by atoms with Crippen molar-refractivity contribution >= 4 is 6.09 Å². The van der Waals surface area contributed by atoms with Crippen molar-refractivity contribution in [1.29, 1.82) is 0 Å². The third kappa shape index (κ3) is 4.10. The molecule has 2 heterocycles. The van der Waals surface area contributed by atoms with Crippen LogP contribution in [0.1, 0.15) is 50.2 Å². The van der Waals surface area contributed by atoms with E-state index in [4.69, 9.17) is 9.47 Å². The highest BCUT2D eigenvalue weighted by Gasteiger charge is 2.49. The molecule has 2 unspecified atom stereocenters. The lowest BCUT2D eigenvalue weighted by Gasteiger charge is -2.51. The van der Waals surface area contributed by atoms with Crippen molar-refractivity contribution in [3.05, 3.63) is 65.7 Å². The summed E-state index contributed by atoms with van der Waals surface area (Å²) in [5, 5.41) is 11.6. The second-order valence-corrected chi connectivity index (χ2v) is 8.06. The van der Waals surface area contributed by atoms with E-state index in [2.05, 4.69) is 0 Å². The van der Waals surface area contributed by atoms with E-state index >= 15 is 0 Å². The van der Waals surface area contributed by atoms with E-state index in [0.29, 0.717) is 19.4 Å². The van der Waals surface area contributed by atoms with Gasteiger partial charge in [0.25, 0.3) is 0 Å². The van der Waals surface area contributed by atoms with Gasteiger partial charge in [-0.3, -0.25) is 0 Å². The van der Waals surface area contributed by atoms with Crippen molar-refractivity contribution in [1.82, 2.24) is 4.90 Å². The smallest absolute Gasteiger partial charge is 0.410 e. The lowest BCUT2D eigenvalue weighted by molar-refractivity contribution is -0.0905. The molecule has 154 valence electrons. The Morgan fingerprint density at radius 1 is 1.07 bits per heavy atom. The molecule has 29 heavy (non-hydrogen) atoms. The average Bonchev–Trinajstić information content (AvgIpc) is 2.73. The maximum atomic E-state index is 12.9. The highest BCUT2D eigenvalue weighted by Crippen LogP contribution is 2.46. The number of carbonyl (C=O) groups excluding carboxylic acids is 1. The molecule has 2 aliphatic heterocycles. The van der Waals surface area contributed by atoms with Gasteiger partial charge in [-0.1, -0.05) is 48.5 Å². The average molecular weight is 395 g/mol. The summed E-state index contributed by atoms with van der Waals surface area (Å²) in [4.78, 5) is 14.8. The molecule has 1 N–H and O–H groups in total. The van der Waals surface area contributed by atoms with Crippen molar-refractivity contribution in [2.24, 2.45) is 0 Å². The van der Waals surface area contributed by atoms with Gasteiger partial charge in [0, 0.05) is 30.5 Å². The van der Waals surface area contributed by atoms with Crippen LogP contribution in [-0.4, -0.2) is 34.8 Å². The summed E-state index contributed by atoms with van der Waals surface area (Å²) in [7, 11) is 0. The molecule has 5 heteroatoms. The molecule has 4 rings (SSSR count). The topological polar surface area (TPSA) is 59.0 Å². The molecule has 0 radical (unpaired) electrons. The summed E-state index contributed by atoms with van der Waals surface area (Å²) in [5.74, 6) is 0.732. The van der Waals surface area contributed by atoms with Crippen LogP contribution in [0.25, 0.3) is 0 Å². The zero-order valence-electron chi connectivity index (χ0n) is 16.9. The summed E-state index contributed by atoms with van der Waals surface area (Å²) in [6, 6.07) is 17.4. The number of rotatable bonds is 5. The minimum absolute atomic E-state index is 0.0227. The molecule has 0 aliphatic carbocycles. The molecule has 2 aromatic carbocycles. The predicted molar refractivity (Wildman–Crippen MR) is 111 cm³/mol. The fourth-order valence-corrected chi connectivity index (χ4v) is 4.87. The van der Waals surface area contributed by atoms with Crippen LogP contribution in [-0.2, 0) is 16.9 Å². The molecule has 2 saturated heterocycles. The van der Waals surface area contributed by atoms with Crippen LogP contribution < -0.4 is 4.74 Å². The zero-order valence-corrected chi connectivity index (χ0v) is 16.9. The van der Waals surface area contributed by atoms with Gasteiger partial charge in [0.2, 0.25) is 0 Å². The molecule has 0 saturated carbocycles. The molecule has 0 spiro atoms. The van der Waals surface area contributed by atoms with Crippen molar-refractivity contribution in [2.75, 3.05) is 6.61 Å². The van der Waals surface area contributed by atoms with E-state index in [1.165, 1.54) is 0 Å². The lowest BCUT2D eigenvalue weighted by Crippen LogP contribution is -2.59. The van der Waals surface area contributed by atoms with Gasteiger partial charge >= 0.3 is 6.09 Å². The Hall–Kier alpha value is -2.53. The summed E-state index contributed by atoms with van der Waals surface area (Å²) < 4.78 is 11.4. The van der Waals surface area contributed by atoms with Gasteiger partial charge in [-0.2, -0.15) is 0 Å². The van der Waals surface area contributed by atoms with Crippen LogP contribution in [0.15, 0.2) is 54.6 Å². The number of nitrogens with zero attached hydrogens (tertiary/aromatic N) is 1. The fourth-order valence-electron chi connectivity index (χ4n) is 4.87. The molecule has 2 atom stereocenters. The quantitative estimate of drug-likeness (QED) is 0.802. The van der Waals surface area contributed by atoms with Gasteiger partial charge in [0.05, 0.1) is 12.2 Å². The Bertz CT molecular complexity index is 824. The summed E-state index contributed by atoms with van der Waals surface area (Å²) in [5.41, 5.74) is 0.818. The maximum Gasteiger partial charge on any atom is 0.410 e. The van der Waals surface area contributed by atoms with E-state index in [9.17, 15) is 9.90 Å². The van der Waals surface area contributed by atoms with Gasteiger partial charge in [0.1, 0.15) is 12.4 Å². The van der Waals surface area contributed by atoms with Crippen molar-refractivity contribution in [3.8, 4) is 5.75 Å². The number of amides is 1. The van der Waals surface area contributed by atoms with Crippen LogP contribution in [0.3, 0.4) is 0 Å². The van der Waals surface area contributed by atoms with Gasteiger partial charge in [-0.15, -0.1) is 0 Å². The van der Waals surface area contributed by atoms with Gasteiger partial charge in [-0.05, 0) is 37.8 Å². The van der Waals surface area contributed by atoms with Crippen molar-refractivity contribution in [3.63, 3.8) is 0 Å². The number of piperidine rings is 2. The second-order valence-electron chi connectivity index (χ2n) is 8.06. The first kappa shape index (κ1) is 19.8. The number of hydrogen-bond acceptors (Lipinski definition) is 4. The first-order valence-corrected chi connectivity index (χ1v) is 10.5. The van der Waals surface area contributed by atoms with E-state index in [1.54, 1.807) is 0 Å². The first-order chi connectivity index (χ1) is 14.1. The van der Waals surface area contributed by atoms with Crippen LogP contribution in [0.5, 0.6) is 5.75 Å². The minimum atomic E-state index is -0.988. The third-order valence-corrected chi connectivity index (χ3v) is 6.11. The van der Waals surface area contributed by atoms with Crippen LogP contribution in [0, 0.1) is 0 Å². The molecular formula is C24H29NO4. The highest BCUT2D eigenvalue weighted by atomic mass is 16.6. The maximum absolute atomic E-state index is 12.9. The van der Waals surface area contributed by atoms with Crippen molar-refractivity contribution in [2.45, 2.75) is 63.3 Å². The number of fused-ring (bicyclic) bond motifs is 2. The second kappa shape index (κ2) is 8.46. The summed E-state index contributed by atoms with van der Waals surface area (Å²) in [6.07, 6.45) is 3.58. The van der Waals surface area contributed by atoms with Crippen LogP contribution >= 0.6 is 0 Å². The van der Waals surface area contributed by atoms with Crippen LogP contribution in [0.4, 0.5) is 4.79 Å². The Labute approximate surface area is 172 Å². The SMILES string of the molecule is CCOc1ccccc1C1(O)CC2CCCC(C1)N2C(=O)OCc1ccccc1. The van der Waals surface area contributed by atoms with Gasteiger partial charge in [-0.25, -0.2) is 4.79 Å². The molecular weight excluding hydrogens is 366 g/mol. The Balaban J connectivity index is 1.51. The molecule has 2 aliphatic rings. The Kier molecular flexibility index (Phi) is 5.76. The minimum Gasteiger partial charge on any atom is -0.493 e. The monoisotopic (exact) mass is 395 g/mol. The molecule has 2 fully saturated rings. The van der Waals surface area contributed by atoms with Gasteiger partial charge < -0.3 is 19.5 Å².